The van der Waals surface area contributed by atoms with E-state index in [9.17, 15) is 0 Å². The molecule has 4 fully saturated rings. The molecule has 0 aromatic carbocycles. The highest BCUT2D eigenvalue weighted by Crippen LogP contribution is 2.60. The van der Waals surface area contributed by atoms with Crippen molar-refractivity contribution in [3.63, 3.8) is 0 Å². The molecule has 6 aliphatic heterocycles. The molecule has 0 bridgehead atoms. The van der Waals surface area contributed by atoms with Crippen molar-refractivity contribution < 1.29 is 14.3 Å². The number of nitrogens with zero attached hydrogens (tertiary/aromatic N) is 4. The van der Waals surface area contributed by atoms with Crippen LogP contribution in [0.1, 0.15) is 45.4 Å². The van der Waals surface area contributed by atoms with Crippen LogP contribution in [-0.4, -0.2) is 76.7 Å². The first kappa shape index (κ1) is 18.8. The van der Waals surface area contributed by atoms with Crippen LogP contribution in [0.5, 0.6) is 0 Å². The second kappa shape index (κ2) is 7.07. The molecule has 4 atom stereocenters. The van der Waals surface area contributed by atoms with Crippen LogP contribution >= 0.6 is 0 Å². The Bertz CT molecular complexity index is 773. The van der Waals surface area contributed by atoms with E-state index in [-0.39, 0.29) is 6.10 Å². The first-order valence-electron chi connectivity index (χ1n) is 11.7. The van der Waals surface area contributed by atoms with Gasteiger partial charge < -0.3 is 19.3 Å². The van der Waals surface area contributed by atoms with Gasteiger partial charge in [-0.15, -0.1) is 5.06 Å². The van der Waals surface area contributed by atoms with Crippen LogP contribution in [-0.2, 0) is 14.3 Å². The molecule has 6 heterocycles. The summed E-state index contributed by atoms with van der Waals surface area (Å²) in [7, 11) is 0. The minimum atomic E-state index is -0.744. The maximum Gasteiger partial charge on any atom is 0.273 e. The predicted octanol–water partition coefficient (Wildman–Crippen LogP) is 2.06. The van der Waals surface area contributed by atoms with Crippen molar-refractivity contribution in [2.24, 2.45) is 0 Å². The minimum absolute atomic E-state index is 0.245. The normalized spacial score (nSPS) is 40.1. The van der Waals surface area contributed by atoms with Crippen molar-refractivity contribution >= 4 is 0 Å². The molecule has 0 radical (unpaired) electrons. The molecule has 0 spiro atoms. The SMILES string of the molecule is CCN1C(N2CCCCC2)=C(N2CCCN2)OC1(C1C=CC=CO1)C12CCCN1O2. The molecule has 8 nitrogen and oxygen atoms in total. The number of piperidine rings is 1. The summed E-state index contributed by atoms with van der Waals surface area (Å²) >= 11 is 0. The lowest BCUT2D eigenvalue weighted by Crippen LogP contribution is -2.65. The number of hydroxylamine groups is 2. The molecule has 4 saturated heterocycles. The second-order valence-electron chi connectivity index (χ2n) is 8.98. The standard InChI is InChI=1S/C22H33N5O3/c1-2-25-19(24-13-5-3-6-14-24)20(26-15-9-12-23-26)29-22(25,18-10-4-7-17-28-18)21-11-8-16-27(21)30-21/h4,7,10,17-18,23H,2-3,5-6,8-9,11-16H2,1H3. The van der Waals surface area contributed by atoms with Gasteiger partial charge in [-0.2, -0.15) is 0 Å². The summed E-state index contributed by atoms with van der Waals surface area (Å²) in [6.45, 7) is 8.09. The Morgan fingerprint density at radius 3 is 2.60 bits per heavy atom. The number of hydrogen-bond acceptors (Lipinski definition) is 8. The average molecular weight is 416 g/mol. The van der Waals surface area contributed by atoms with Crippen molar-refractivity contribution in [2.75, 3.05) is 39.3 Å². The third kappa shape index (κ3) is 2.50. The van der Waals surface area contributed by atoms with Crippen LogP contribution in [0.3, 0.4) is 0 Å². The predicted molar refractivity (Wildman–Crippen MR) is 111 cm³/mol. The number of likely N-dealkylation sites (N-methyl/N-ethyl adjacent to an activating group) is 1. The molecule has 0 amide bonds. The molecular formula is C22H33N5O3. The van der Waals surface area contributed by atoms with Gasteiger partial charge in [0.05, 0.1) is 6.26 Å². The van der Waals surface area contributed by atoms with Gasteiger partial charge in [-0.1, -0.05) is 6.08 Å². The molecule has 164 valence electrons. The van der Waals surface area contributed by atoms with Crippen LogP contribution in [0, 0.1) is 0 Å². The lowest BCUT2D eigenvalue weighted by Gasteiger charge is -2.46. The fraction of sp³-hybridized carbons (Fsp3) is 0.727. The van der Waals surface area contributed by atoms with Crippen molar-refractivity contribution in [1.82, 2.24) is 25.3 Å². The van der Waals surface area contributed by atoms with E-state index >= 15 is 0 Å². The van der Waals surface area contributed by atoms with E-state index in [0.717, 1.165) is 64.4 Å². The van der Waals surface area contributed by atoms with E-state index in [1.54, 1.807) is 6.26 Å². The fourth-order valence-electron chi connectivity index (χ4n) is 5.97. The van der Waals surface area contributed by atoms with Crippen molar-refractivity contribution in [1.29, 1.82) is 0 Å². The molecule has 0 aliphatic carbocycles. The minimum Gasteiger partial charge on any atom is -0.487 e. The van der Waals surface area contributed by atoms with Crippen molar-refractivity contribution in [3.8, 4) is 0 Å². The van der Waals surface area contributed by atoms with E-state index in [2.05, 4.69) is 44.4 Å². The average Bonchev–Trinajstić information content (AvgIpc) is 3.23. The summed E-state index contributed by atoms with van der Waals surface area (Å²) in [5, 5.41) is 4.34. The van der Waals surface area contributed by atoms with Crippen LogP contribution < -0.4 is 5.43 Å². The van der Waals surface area contributed by atoms with Crippen LogP contribution in [0.2, 0.25) is 0 Å². The van der Waals surface area contributed by atoms with Gasteiger partial charge in [0, 0.05) is 45.7 Å². The van der Waals surface area contributed by atoms with E-state index in [1.165, 1.54) is 25.1 Å². The fourth-order valence-corrected chi connectivity index (χ4v) is 5.97. The molecule has 4 unspecified atom stereocenters. The molecule has 6 aliphatic rings. The number of ether oxygens (including phenoxy) is 2. The number of hydrogen-bond donors (Lipinski definition) is 1. The monoisotopic (exact) mass is 415 g/mol. The first-order chi connectivity index (χ1) is 14.8. The number of hydrazine groups is 1. The van der Waals surface area contributed by atoms with Crippen LogP contribution in [0.4, 0.5) is 0 Å². The topological polar surface area (TPSA) is 55.8 Å². The molecule has 0 saturated carbocycles. The van der Waals surface area contributed by atoms with Gasteiger partial charge in [-0.05, 0) is 51.2 Å². The van der Waals surface area contributed by atoms with E-state index in [1.807, 2.05) is 6.08 Å². The van der Waals surface area contributed by atoms with Gasteiger partial charge in [0.2, 0.25) is 11.6 Å². The highest BCUT2D eigenvalue weighted by molar-refractivity contribution is 5.29. The molecular weight excluding hydrogens is 382 g/mol. The Balaban J connectivity index is 1.47. The number of fused-ring (bicyclic) bond motifs is 1. The highest BCUT2D eigenvalue weighted by Gasteiger charge is 2.80. The van der Waals surface area contributed by atoms with E-state index in [0.29, 0.717) is 0 Å². The Labute approximate surface area is 178 Å². The summed E-state index contributed by atoms with van der Waals surface area (Å²) in [6.07, 6.45) is 14.6. The van der Waals surface area contributed by atoms with Crippen molar-refractivity contribution in [3.05, 3.63) is 36.2 Å². The third-order valence-corrected chi connectivity index (χ3v) is 7.33. The first-order valence-corrected chi connectivity index (χ1v) is 11.7. The molecule has 0 aromatic heterocycles. The molecule has 30 heavy (non-hydrogen) atoms. The summed E-state index contributed by atoms with van der Waals surface area (Å²) in [5.41, 5.74) is 2.33. The van der Waals surface area contributed by atoms with Crippen LogP contribution in [0.15, 0.2) is 36.2 Å². The molecule has 8 heteroatoms. The Hall–Kier alpha value is -1.90. The van der Waals surface area contributed by atoms with Gasteiger partial charge in [-0.25, -0.2) is 5.43 Å². The third-order valence-electron chi connectivity index (χ3n) is 7.33. The molecule has 0 aromatic rings. The Morgan fingerprint density at radius 1 is 1.07 bits per heavy atom. The van der Waals surface area contributed by atoms with Crippen molar-refractivity contribution in [2.45, 2.75) is 63.0 Å². The van der Waals surface area contributed by atoms with E-state index < -0.39 is 11.4 Å². The second-order valence-corrected chi connectivity index (χ2v) is 8.98. The maximum absolute atomic E-state index is 7.12. The van der Waals surface area contributed by atoms with Gasteiger partial charge >= 0.3 is 0 Å². The number of allylic oxidation sites excluding steroid dienone is 2. The summed E-state index contributed by atoms with van der Waals surface area (Å²) in [6, 6.07) is 0. The number of rotatable bonds is 5. The zero-order valence-electron chi connectivity index (χ0n) is 17.9. The molecule has 6 rings (SSSR count). The van der Waals surface area contributed by atoms with E-state index in [4.69, 9.17) is 14.3 Å². The lowest BCUT2D eigenvalue weighted by atomic mass is 9.90. The van der Waals surface area contributed by atoms with Gasteiger partial charge in [0.25, 0.3) is 5.72 Å². The maximum atomic E-state index is 7.12. The number of likely N-dealkylation sites (tertiary alicyclic amines) is 1. The highest BCUT2D eigenvalue weighted by atomic mass is 16.9. The zero-order chi connectivity index (χ0) is 20.2. The summed E-state index contributed by atoms with van der Waals surface area (Å²) < 4.78 is 13.3. The van der Waals surface area contributed by atoms with Crippen LogP contribution in [0.25, 0.3) is 0 Å². The summed E-state index contributed by atoms with van der Waals surface area (Å²) in [5.74, 6) is 2.15. The Kier molecular flexibility index (Phi) is 4.44. The quantitative estimate of drug-likeness (QED) is 0.685. The Morgan fingerprint density at radius 2 is 1.97 bits per heavy atom. The lowest BCUT2D eigenvalue weighted by molar-refractivity contribution is -0.198. The molecule has 1 N–H and O–H groups in total. The largest absolute Gasteiger partial charge is 0.487 e. The zero-order valence-corrected chi connectivity index (χ0v) is 17.9. The summed E-state index contributed by atoms with van der Waals surface area (Å²) in [4.78, 5) is 11.3. The van der Waals surface area contributed by atoms with Gasteiger partial charge in [-0.3, -0.25) is 9.85 Å². The van der Waals surface area contributed by atoms with Gasteiger partial charge in [0.15, 0.2) is 11.9 Å². The number of nitrogens with one attached hydrogen (secondary N) is 1. The smallest absolute Gasteiger partial charge is 0.273 e. The van der Waals surface area contributed by atoms with Gasteiger partial charge in [0.1, 0.15) is 0 Å².